The van der Waals surface area contributed by atoms with Crippen molar-refractivity contribution >= 4 is 31.4 Å². The van der Waals surface area contributed by atoms with Gasteiger partial charge in [-0.2, -0.15) is 0 Å². The summed E-state index contributed by atoms with van der Waals surface area (Å²) in [6.45, 7) is 4.04. The summed E-state index contributed by atoms with van der Waals surface area (Å²) in [4.78, 5) is 0.0477. The lowest BCUT2D eigenvalue weighted by atomic mass is 10.0. The van der Waals surface area contributed by atoms with E-state index in [1.165, 1.54) is 24.3 Å². The number of halogens is 1. The van der Waals surface area contributed by atoms with E-state index >= 15 is 0 Å². The van der Waals surface area contributed by atoms with E-state index in [9.17, 15) is 21.2 Å². The fourth-order valence-corrected chi connectivity index (χ4v) is 4.80. The predicted octanol–water partition coefficient (Wildman–Crippen LogP) is 4.55. The maximum Gasteiger partial charge on any atom is 0.261 e. The highest BCUT2D eigenvalue weighted by atomic mass is 32.2. The van der Waals surface area contributed by atoms with E-state index in [1.807, 2.05) is 13.8 Å². The van der Waals surface area contributed by atoms with Crippen LogP contribution in [0, 0.1) is 5.82 Å². The summed E-state index contributed by atoms with van der Waals surface area (Å²) in [5.41, 5.74) is 1.56. The minimum Gasteiger partial charge on any atom is -0.280 e. The molecule has 0 aliphatic rings. The predicted molar refractivity (Wildman–Crippen MR) is 115 cm³/mol. The fourth-order valence-electron chi connectivity index (χ4n) is 2.68. The van der Waals surface area contributed by atoms with Crippen molar-refractivity contribution in [1.82, 2.24) is 0 Å². The average molecular weight is 449 g/mol. The molecule has 6 nitrogen and oxygen atoms in total. The molecule has 0 aromatic heterocycles. The van der Waals surface area contributed by atoms with Crippen LogP contribution in [0.5, 0.6) is 0 Å². The number of nitrogens with one attached hydrogen (secondary N) is 2. The summed E-state index contributed by atoms with van der Waals surface area (Å²) in [5.74, 6) is -0.245. The van der Waals surface area contributed by atoms with Crippen molar-refractivity contribution in [2.24, 2.45) is 0 Å². The molecule has 3 aromatic rings. The third-order valence-electron chi connectivity index (χ3n) is 4.37. The Hall–Kier alpha value is -2.91. The van der Waals surface area contributed by atoms with Crippen molar-refractivity contribution in [2.75, 3.05) is 9.44 Å². The van der Waals surface area contributed by atoms with E-state index in [4.69, 9.17) is 0 Å². The fraction of sp³-hybridized carbons (Fsp3) is 0.143. The minimum atomic E-state index is -3.89. The van der Waals surface area contributed by atoms with Gasteiger partial charge in [0.2, 0.25) is 0 Å². The van der Waals surface area contributed by atoms with Crippen molar-refractivity contribution in [3.05, 3.63) is 84.2 Å². The van der Waals surface area contributed by atoms with Gasteiger partial charge in [-0.1, -0.05) is 26.0 Å². The Kier molecular flexibility index (Phi) is 6.14. The topological polar surface area (TPSA) is 92.3 Å². The molecule has 0 amide bonds. The lowest BCUT2D eigenvalue weighted by Crippen LogP contribution is -2.14. The van der Waals surface area contributed by atoms with Gasteiger partial charge < -0.3 is 0 Å². The van der Waals surface area contributed by atoms with E-state index in [0.29, 0.717) is 5.92 Å². The number of hydrogen-bond donors (Lipinski definition) is 2. The van der Waals surface area contributed by atoms with E-state index in [0.717, 1.165) is 29.8 Å². The first-order valence-electron chi connectivity index (χ1n) is 9.08. The molecule has 0 fully saturated rings. The third kappa shape index (κ3) is 5.17. The van der Waals surface area contributed by atoms with E-state index in [-0.39, 0.29) is 21.2 Å². The molecule has 0 saturated carbocycles. The Morgan fingerprint density at radius 1 is 0.633 bits per heavy atom. The van der Waals surface area contributed by atoms with Crippen LogP contribution in [-0.2, 0) is 20.0 Å². The largest absolute Gasteiger partial charge is 0.280 e. The molecule has 158 valence electrons. The molecule has 3 aromatic carbocycles. The molecular weight excluding hydrogens is 427 g/mol. The van der Waals surface area contributed by atoms with Crippen LogP contribution in [0.1, 0.15) is 25.3 Å². The first-order valence-corrected chi connectivity index (χ1v) is 12.0. The van der Waals surface area contributed by atoms with Crippen molar-refractivity contribution in [2.45, 2.75) is 29.6 Å². The van der Waals surface area contributed by atoms with Crippen LogP contribution < -0.4 is 9.44 Å². The molecule has 0 bridgehead atoms. The molecule has 0 heterocycles. The normalized spacial score (nSPS) is 12.0. The Bertz CT molecular complexity index is 1220. The van der Waals surface area contributed by atoms with Crippen LogP contribution >= 0.6 is 0 Å². The van der Waals surface area contributed by atoms with Gasteiger partial charge in [-0.3, -0.25) is 9.44 Å². The molecule has 9 heteroatoms. The monoisotopic (exact) mass is 448 g/mol. The average Bonchev–Trinajstić information content (AvgIpc) is 2.69. The zero-order valence-electron chi connectivity index (χ0n) is 16.3. The first kappa shape index (κ1) is 21.8. The molecule has 0 aliphatic heterocycles. The highest BCUT2D eigenvalue weighted by molar-refractivity contribution is 7.93. The molecule has 0 spiro atoms. The van der Waals surface area contributed by atoms with Gasteiger partial charge in [0.15, 0.2) is 0 Å². The summed E-state index contributed by atoms with van der Waals surface area (Å²) < 4.78 is 67.6. The van der Waals surface area contributed by atoms with Gasteiger partial charge in [0, 0.05) is 11.4 Å². The van der Waals surface area contributed by atoms with Gasteiger partial charge >= 0.3 is 0 Å². The van der Waals surface area contributed by atoms with Gasteiger partial charge in [0.1, 0.15) is 5.82 Å². The molecular formula is C21H21FN2O4S2. The second-order valence-corrected chi connectivity index (χ2v) is 10.3. The van der Waals surface area contributed by atoms with Crippen molar-refractivity contribution in [3.63, 3.8) is 0 Å². The van der Waals surface area contributed by atoms with Gasteiger partial charge in [0.05, 0.1) is 9.79 Å². The van der Waals surface area contributed by atoms with E-state index < -0.39 is 25.9 Å². The number of sulfonamides is 2. The number of hydrogen-bond acceptors (Lipinski definition) is 4. The molecule has 0 atom stereocenters. The standard InChI is InChI=1S/C21H21FN2O4S2/c1-15(2)16-3-11-20(12-4-16)29(25,26)23-18-7-9-19(10-8-18)24-30(27,28)21-13-5-17(22)6-14-21/h3-15,23-24H,1-2H3. The zero-order valence-corrected chi connectivity index (χ0v) is 18.0. The maximum atomic E-state index is 13.0. The van der Waals surface area contributed by atoms with Crippen LogP contribution in [0.25, 0.3) is 0 Å². The summed E-state index contributed by atoms with van der Waals surface area (Å²) in [7, 11) is -7.66. The Morgan fingerprint density at radius 2 is 1.00 bits per heavy atom. The van der Waals surface area contributed by atoms with E-state index in [2.05, 4.69) is 9.44 Å². The minimum absolute atomic E-state index is 0.0847. The Morgan fingerprint density at radius 3 is 1.37 bits per heavy atom. The quantitative estimate of drug-likeness (QED) is 0.555. The van der Waals surface area contributed by atoms with Crippen LogP contribution in [0.3, 0.4) is 0 Å². The summed E-state index contributed by atoms with van der Waals surface area (Å²) in [6.07, 6.45) is 0. The van der Waals surface area contributed by atoms with Crippen LogP contribution in [0.4, 0.5) is 15.8 Å². The SMILES string of the molecule is CC(C)c1ccc(S(=O)(=O)Nc2ccc(NS(=O)(=O)c3ccc(F)cc3)cc2)cc1. The summed E-state index contributed by atoms with van der Waals surface area (Å²) in [6, 6.07) is 16.8. The smallest absolute Gasteiger partial charge is 0.261 e. The number of anilines is 2. The second kappa shape index (κ2) is 8.45. The van der Waals surface area contributed by atoms with Crippen LogP contribution in [0.15, 0.2) is 82.6 Å². The Balaban J connectivity index is 1.73. The molecule has 0 aliphatic carbocycles. The first-order chi connectivity index (χ1) is 14.1. The molecule has 2 N–H and O–H groups in total. The van der Waals surface area contributed by atoms with Crippen LogP contribution in [0.2, 0.25) is 0 Å². The third-order valence-corrected chi connectivity index (χ3v) is 7.16. The Labute approximate surface area is 175 Å². The second-order valence-electron chi connectivity index (χ2n) is 6.97. The summed E-state index contributed by atoms with van der Waals surface area (Å²) >= 11 is 0. The number of rotatable bonds is 7. The van der Waals surface area contributed by atoms with Gasteiger partial charge in [-0.15, -0.1) is 0 Å². The highest BCUT2D eigenvalue weighted by Crippen LogP contribution is 2.22. The van der Waals surface area contributed by atoms with Gasteiger partial charge in [-0.05, 0) is 72.1 Å². The van der Waals surface area contributed by atoms with Crippen LogP contribution in [-0.4, -0.2) is 16.8 Å². The molecule has 0 saturated heterocycles. The number of benzene rings is 3. The highest BCUT2D eigenvalue weighted by Gasteiger charge is 2.16. The van der Waals surface area contributed by atoms with Crippen molar-refractivity contribution in [3.8, 4) is 0 Å². The summed E-state index contributed by atoms with van der Waals surface area (Å²) in [5, 5.41) is 0. The lowest BCUT2D eigenvalue weighted by Gasteiger charge is -2.11. The van der Waals surface area contributed by atoms with Crippen molar-refractivity contribution in [1.29, 1.82) is 0 Å². The lowest BCUT2D eigenvalue weighted by molar-refractivity contribution is 0.598. The van der Waals surface area contributed by atoms with Gasteiger partial charge in [0.25, 0.3) is 20.0 Å². The molecule has 0 radical (unpaired) electrons. The van der Waals surface area contributed by atoms with Crippen molar-refractivity contribution < 1.29 is 21.2 Å². The molecule has 3 rings (SSSR count). The molecule has 0 unspecified atom stereocenters. The molecule has 30 heavy (non-hydrogen) atoms. The van der Waals surface area contributed by atoms with E-state index in [1.54, 1.807) is 24.3 Å². The zero-order chi connectivity index (χ0) is 21.9. The maximum absolute atomic E-state index is 13.0. The van der Waals surface area contributed by atoms with Gasteiger partial charge in [-0.25, -0.2) is 21.2 Å².